The molecule has 1 aromatic carbocycles. The molecule has 2 atom stereocenters. The summed E-state index contributed by atoms with van der Waals surface area (Å²) >= 11 is 0. The molecule has 1 fully saturated rings. The second kappa shape index (κ2) is 5.65. The van der Waals surface area contributed by atoms with Gasteiger partial charge in [0.15, 0.2) is 0 Å². The van der Waals surface area contributed by atoms with Crippen molar-refractivity contribution in [1.29, 1.82) is 0 Å². The predicted octanol–water partition coefficient (Wildman–Crippen LogP) is 2.37. The lowest BCUT2D eigenvalue weighted by Crippen LogP contribution is -2.43. The van der Waals surface area contributed by atoms with Crippen LogP contribution in [-0.4, -0.2) is 23.4 Å². The minimum absolute atomic E-state index is 0.0906. The number of rotatable bonds is 2. The fourth-order valence-corrected chi connectivity index (χ4v) is 2.71. The number of carbonyl (C=O) groups is 1. The Morgan fingerprint density at radius 1 is 1.37 bits per heavy atom. The summed E-state index contributed by atoms with van der Waals surface area (Å²) in [6.07, 6.45) is 1.62. The van der Waals surface area contributed by atoms with Gasteiger partial charge in [0.25, 0.3) is 0 Å². The Hall–Kier alpha value is -1.49. The van der Waals surface area contributed by atoms with Crippen molar-refractivity contribution in [1.82, 2.24) is 4.90 Å². The van der Waals surface area contributed by atoms with E-state index in [9.17, 15) is 13.6 Å². The van der Waals surface area contributed by atoms with Crippen molar-refractivity contribution in [2.24, 2.45) is 5.73 Å². The molecule has 1 heterocycles. The monoisotopic (exact) mass is 268 g/mol. The van der Waals surface area contributed by atoms with E-state index >= 15 is 0 Å². The first-order valence-corrected chi connectivity index (χ1v) is 6.55. The van der Waals surface area contributed by atoms with E-state index in [4.69, 9.17) is 5.73 Å². The van der Waals surface area contributed by atoms with Crippen LogP contribution in [0.5, 0.6) is 0 Å². The van der Waals surface area contributed by atoms with Gasteiger partial charge in [-0.1, -0.05) is 6.07 Å². The van der Waals surface area contributed by atoms with Crippen molar-refractivity contribution >= 4 is 5.91 Å². The highest BCUT2D eigenvalue weighted by atomic mass is 19.1. The average molecular weight is 268 g/mol. The summed E-state index contributed by atoms with van der Waals surface area (Å²) in [6.45, 7) is 2.19. The number of amides is 1. The minimum Gasteiger partial charge on any atom is -0.334 e. The van der Waals surface area contributed by atoms with Gasteiger partial charge in [-0.05, 0) is 31.9 Å². The van der Waals surface area contributed by atoms with E-state index in [2.05, 4.69) is 0 Å². The van der Waals surface area contributed by atoms with Crippen LogP contribution in [0.15, 0.2) is 18.2 Å². The molecule has 0 aliphatic carbocycles. The van der Waals surface area contributed by atoms with Crippen molar-refractivity contribution < 1.29 is 13.6 Å². The van der Waals surface area contributed by atoms with Crippen LogP contribution in [0.25, 0.3) is 0 Å². The van der Waals surface area contributed by atoms with E-state index in [1.165, 1.54) is 23.1 Å². The van der Waals surface area contributed by atoms with E-state index in [1.54, 1.807) is 6.92 Å². The molecule has 2 unspecified atom stereocenters. The molecule has 0 aromatic heterocycles. The minimum atomic E-state index is -0.721. The van der Waals surface area contributed by atoms with Crippen LogP contribution in [0.2, 0.25) is 0 Å². The molecule has 1 amide bonds. The summed E-state index contributed by atoms with van der Waals surface area (Å²) in [4.78, 5) is 13.5. The number of benzene rings is 1. The number of carbonyl (C=O) groups excluding carboxylic acids is 1. The number of hydrogen-bond donors (Lipinski definition) is 1. The Labute approximate surface area is 111 Å². The highest BCUT2D eigenvalue weighted by molar-refractivity contribution is 5.77. The molecule has 0 spiro atoms. The Kier molecular flexibility index (Phi) is 4.14. The van der Waals surface area contributed by atoms with Crippen molar-refractivity contribution in [3.05, 3.63) is 35.4 Å². The molecule has 1 aliphatic rings. The van der Waals surface area contributed by atoms with E-state index in [0.717, 1.165) is 0 Å². The van der Waals surface area contributed by atoms with Crippen LogP contribution in [0.4, 0.5) is 8.78 Å². The zero-order chi connectivity index (χ0) is 14.0. The van der Waals surface area contributed by atoms with Crippen molar-refractivity contribution in [3.63, 3.8) is 0 Å². The maximum atomic E-state index is 13.9. The Balaban J connectivity index is 2.50. The summed E-state index contributed by atoms with van der Waals surface area (Å²) in [6, 6.07) is 2.55. The molecule has 0 saturated carbocycles. The smallest absolute Gasteiger partial charge is 0.223 e. The van der Waals surface area contributed by atoms with Crippen LogP contribution in [0.3, 0.4) is 0 Å². The summed E-state index contributed by atoms with van der Waals surface area (Å²) < 4.78 is 27.9. The first-order valence-electron chi connectivity index (χ1n) is 6.55. The lowest BCUT2D eigenvalue weighted by Gasteiger charge is -2.33. The first kappa shape index (κ1) is 13.9. The highest BCUT2D eigenvalue weighted by Crippen LogP contribution is 2.32. The molecule has 5 heteroatoms. The van der Waals surface area contributed by atoms with Crippen LogP contribution in [-0.2, 0) is 4.79 Å². The van der Waals surface area contributed by atoms with Gasteiger partial charge in [0.05, 0.1) is 6.04 Å². The molecule has 3 nitrogen and oxygen atoms in total. The first-order chi connectivity index (χ1) is 9.06. The van der Waals surface area contributed by atoms with Gasteiger partial charge in [-0.15, -0.1) is 0 Å². The molecule has 0 radical (unpaired) electrons. The standard InChI is InChI=1S/C14H18F2N2O/c1-2-18-12(19)8-4-7-11(17)14(18)13-9(15)5-3-6-10(13)16/h3,5-6,11,14H,2,4,7-8,17H2,1H3. The number of nitrogens with zero attached hydrogens (tertiary/aromatic N) is 1. The van der Waals surface area contributed by atoms with E-state index in [0.29, 0.717) is 25.8 Å². The molecule has 19 heavy (non-hydrogen) atoms. The summed E-state index contributed by atoms with van der Waals surface area (Å²) in [5, 5.41) is 0. The molecule has 1 saturated heterocycles. The topological polar surface area (TPSA) is 46.3 Å². The number of nitrogens with two attached hydrogens (primary N) is 1. The number of hydrogen-bond acceptors (Lipinski definition) is 2. The van der Waals surface area contributed by atoms with Crippen molar-refractivity contribution in [3.8, 4) is 0 Å². The molecule has 104 valence electrons. The maximum absolute atomic E-state index is 13.9. The van der Waals surface area contributed by atoms with Gasteiger partial charge in [0.2, 0.25) is 5.91 Å². The van der Waals surface area contributed by atoms with E-state index < -0.39 is 23.7 Å². The van der Waals surface area contributed by atoms with Crippen molar-refractivity contribution in [2.45, 2.75) is 38.3 Å². The molecule has 1 aliphatic heterocycles. The van der Waals surface area contributed by atoms with Gasteiger partial charge in [-0.2, -0.15) is 0 Å². The second-order valence-electron chi connectivity index (χ2n) is 4.82. The quantitative estimate of drug-likeness (QED) is 0.895. The summed E-state index contributed by atoms with van der Waals surface area (Å²) in [7, 11) is 0. The van der Waals surface area contributed by atoms with Crippen LogP contribution < -0.4 is 5.73 Å². The third-order valence-electron chi connectivity index (χ3n) is 3.63. The molecular formula is C14H18F2N2O. The summed E-state index contributed by atoms with van der Waals surface area (Å²) in [5.74, 6) is -1.38. The zero-order valence-electron chi connectivity index (χ0n) is 10.9. The van der Waals surface area contributed by atoms with Gasteiger partial charge in [-0.3, -0.25) is 4.79 Å². The van der Waals surface area contributed by atoms with Crippen LogP contribution >= 0.6 is 0 Å². The number of likely N-dealkylation sites (tertiary alicyclic amines) is 1. The molecular weight excluding hydrogens is 250 g/mol. The zero-order valence-corrected chi connectivity index (χ0v) is 10.9. The average Bonchev–Trinajstić information content (AvgIpc) is 2.49. The molecule has 2 rings (SSSR count). The third-order valence-corrected chi connectivity index (χ3v) is 3.63. The maximum Gasteiger partial charge on any atom is 0.223 e. The Morgan fingerprint density at radius 2 is 2.00 bits per heavy atom. The van der Waals surface area contributed by atoms with Crippen molar-refractivity contribution in [2.75, 3.05) is 6.54 Å². The highest BCUT2D eigenvalue weighted by Gasteiger charge is 2.35. The van der Waals surface area contributed by atoms with E-state index in [1.807, 2.05) is 0 Å². The third kappa shape index (κ3) is 2.61. The summed E-state index contributed by atoms with van der Waals surface area (Å²) in [5.41, 5.74) is 5.96. The van der Waals surface area contributed by atoms with Gasteiger partial charge in [0, 0.05) is 24.6 Å². The van der Waals surface area contributed by atoms with Gasteiger partial charge < -0.3 is 10.6 Å². The van der Waals surface area contributed by atoms with Gasteiger partial charge in [0.1, 0.15) is 11.6 Å². The van der Waals surface area contributed by atoms with Crippen LogP contribution in [0.1, 0.15) is 37.8 Å². The molecule has 1 aromatic rings. The molecule has 0 bridgehead atoms. The van der Waals surface area contributed by atoms with Crippen LogP contribution in [0, 0.1) is 11.6 Å². The normalized spacial score (nSPS) is 24.4. The predicted molar refractivity (Wildman–Crippen MR) is 68.3 cm³/mol. The largest absolute Gasteiger partial charge is 0.334 e. The van der Waals surface area contributed by atoms with Gasteiger partial charge >= 0.3 is 0 Å². The lowest BCUT2D eigenvalue weighted by molar-refractivity contribution is -0.133. The SMILES string of the molecule is CCN1C(=O)CCCC(N)C1c1c(F)cccc1F. The fraction of sp³-hybridized carbons (Fsp3) is 0.500. The molecule has 2 N–H and O–H groups in total. The van der Waals surface area contributed by atoms with Gasteiger partial charge in [-0.25, -0.2) is 8.78 Å². The number of likely N-dealkylation sites (N-methyl/N-ethyl adjacent to an activating group) is 1. The van der Waals surface area contributed by atoms with E-state index in [-0.39, 0.29) is 11.5 Å². The number of halogens is 2. The second-order valence-corrected chi connectivity index (χ2v) is 4.82. The fourth-order valence-electron chi connectivity index (χ4n) is 2.71. The lowest BCUT2D eigenvalue weighted by atomic mass is 9.95. The Morgan fingerprint density at radius 3 is 2.58 bits per heavy atom. The Bertz CT molecular complexity index is 458.